The minimum atomic E-state index is -1.60. The van der Waals surface area contributed by atoms with E-state index in [9.17, 15) is 38.7 Å². The van der Waals surface area contributed by atoms with Gasteiger partial charge in [0, 0.05) is 0 Å². The highest BCUT2D eigenvalue weighted by molar-refractivity contribution is 7.98. The minimum absolute atomic E-state index is 0.0563. The van der Waals surface area contributed by atoms with Crippen LogP contribution < -0.4 is 38.1 Å². The molecule has 6 atom stereocenters. The Kier molecular flexibility index (Phi) is 18.0. The van der Waals surface area contributed by atoms with Crippen molar-refractivity contribution in [3.8, 4) is 0 Å². The van der Waals surface area contributed by atoms with Crippen LogP contribution in [0.1, 0.15) is 40.0 Å². The van der Waals surface area contributed by atoms with Crippen LogP contribution in [0.4, 0.5) is 0 Å². The van der Waals surface area contributed by atoms with E-state index >= 15 is 0 Å². The summed E-state index contributed by atoms with van der Waals surface area (Å²) >= 11 is 1.46. The number of hydrogen-bond donors (Lipinski definition) is 10. The number of rotatable bonds is 20. The number of nitrogens with two attached hydrogens (primary N) is 2. The molecule has 12 N–H and O–H groups in total. The molecule has 0 aliphatic rings. The first-order chi connectivity index (χ1) is 19.6. The molecule has 0 radical (unpaired) electrons. The molecule has 0 saturated carbocycles. The first-order valence-electron chi connectivity index (χ1n) is 13.1. The number of aliphatic hydroxyl groups excluding tert-OH is 2. The Morgan fingerprint density at radius 3 is 1.67 bits per heavy atom. The maximum Gasteiger partial charge on any atom is 0.328 e. The van der Waals surface area contributed by atoms with Crippen LogP contribution in [0.15, 0.2) is 0 Å². The molecular weight excluding hydrogens is 578 g/mol. The highest BCUT2D eigenvalue weighted by Crippen LogP contribution is 2.07. The number of carbonyl (C=O) groups excluding carboxylic acids is 6. The summed E-state index contributed by atoms with van der Waals surface area (Å²) in [7, 11) is 0. The van der Waals surface area contributed by atoms with E-state index in [2.05, 4.69) is 26.6 Å². The molecule has 0 aromatic rings. The zero-order valence-electron chi connectivity index (χ0n) is 24.0. The molecule has 0 fully saturated rings. The van der Waals surface area contributed by atoms with Crippen LogP contribution >= 0.6 is 11.8 Å². The molecule has 0 rings (SSSR count). The van der Waals surface area contributed by atoms with Gasteiger partial charge in [0.1, 0.15) is 30.2 Å². The van der Waals surface area contributed by atoms with Gasteiger partial charge in [-0.2, -0.15) is 11.8 Å². The SMILES string of the molecule is CSCC[C@H](N)C(=O)N[C@@H](CO)C(=O)N[C@@H](CC(N)=O)C(=O)N[C@@H](CC(C)C)C(=O)N[C@@H](C)C(=O)N[C@@H](CO)C(=O)O. The Bertz CT molecular complexity index is 968. The van der Waals surface area contributed by atoms with Crippen molar-refractivity contribution in [2.24, 2.45) is 17.4 Å². The summed E-state index contributed by atoms with van der Waals surface area (Å²) in [6.45, 7) is 3.00. The van der Waals surface area contributed by atoms with E-state index in [1.807, 2.05) is 6.26 Å². The quantitative estimate of drug-likeness (QED) is 0.0615. The van der Waals surface area contributed by atoms with Crippen LogP contribution in [0.2, 0.25) is 0 Å². The second kappa shape index (κ2) is 19.6. The third-order valence-corrected chi connectivity index (χ3v) is 6.36. The van der Waals surface area contributed by atoms with Crippen LogP contribution in [-0.4, -0.2) is 118 Å². The van der Waals surface area contributed by atoms with Gasteiger partial charge in [-0.3, -0.25) is 28.8 Å². The highest BCUT2D eigenvalue weighted by Gasteiger charge is 2.32. The van der Waals surface area contributed by atoms with Gasteiger partial charge in [-0.15, -0.1) is 0 Å². The van der Waals surface area contributed by atoms with Crippen molar-refractivity contribution in [1.29, 1.82) is 0 Å². The third kappa shape index (κ3) is 14.4. The van der Waals surface area contributed by atoms with Crippen molar-refractivity contribution in [2.45, 2.75) is 76.3 Å². The summed E-state index contributed by atoms with van der Waals surface area (Å²) in [6.07, 6.45) is 1.49. The number of thioether (sulfide) groups is 1. The summed E-state index contributed by atoms with van der Waals surface area (Å²) in [5.41, 5.74) is 11.0. The first kappa shape index (κ1) is 38.5. The van der Waals surface area contributed by atoms with Crippen LogP contribution in [0, 0.1) is 5.92 Å². The van der Waals surface area contributed by atoms with Gasteiger partial charge >= 0.3 is 5.97 Å². The van der Waals surface area contributed by atoms with Crippen LogP contribution in [0.25, 0.3) is 0 Å². The number of carboxylic acid groups (broad SMARTS) is 1. The average molecular weight is 622 g/mol. The van der Waals surface area contributed by atoms with Crippen molar-refractivity contribution in [1.82, 2.24) is 26.6 Å². The van der Waals surface area contributed by atoms with Gasteiger partial charge in [0.15, 0.2) is 0 Å². The lowest BCUT2D eigenvalue weighted by molar-refractivity contribution is -0.143. The summed E-state index contributed by atoms with van der Waals surface area (Å²) < 4.78 is 0. The average Bonchev–Trinajstić information content (AvgIpc) is 2.90. The molecule has 6 amide bonds. The summed E-state index contributed by atoms with van der Waals surface area (Å²) in [5.74, 6) is -6.53. The molecule has 0 aromatic heterocycles. The van der Waals surface area contributed by atoms with Gasteiger partial charge < -0.3 is 53.4 Å². The molecule has 0 unspecified atom stereocenters. The summed E-state index contributed by atoms with van der Waals surface area (Å²) in [6, 6.07) is -8.20. The van der Waals surface area contributed by atoms with Gasteiger partial charge in [0.25, 0.3) is 0 Å². The second-order valence-electron chi connectivity index (χ2n) is 9.87. The number of aliphatic hydroxyl groups is 2. The lowest BCUT2D eigenvalue weighted by atomic mass is 10.0. The van der Waals surface area contributed by atoms with Crippen molar-refractivity contribution < 1.29 is 48.9 Å². The summed E-state index contributed by atoms with van der Waals surface area (Å²) in [5, 5.41) is 39.0. The largest absolute Gasteiger partial charge is 0.480 e. The van der Waals surface area contributed by atoms with Crippen molar-refractivity contribution in [3.63, 3.8) is 0 Å². The van der Waals surface area contributed by atoms with E-state index in [1.165, 1.54) is 18.7 Å². The fourth-order valence-corrected chi connectivity index (χ4v) is 3.86. The number of primary amides is 1. The van der Waals surface area contributed by atoms with E-state index in [4.69, 9.17) is 21.7 Å². The topological polar surface area (TPSA) is 292 Å². The van der Waals surface area contributed by atoms with Crippen LogP contribution in [0.5, 0.6) is 0 Å². The van der Waals surface area contributed by atoms with Crippen molar-refractivity contribution in [2.75, 3.05) is 25.2 Å². The molecule has 0 aliphatic heterocycles. The van der Waals surface area contributed by atoms with Gasteiger partial charge in [-0.25, -0.2) is 4.79 Å². The predicted octanol–water partition coefficient (Wildman–Crippen LogP) is -4.50. The zero-order chi connectivity index (χ0) is 32.6. The molecule has 0 aromatic carbocycles. The molecule has 18 heteroatoms. The Labute approximate surface area is 247 Å². The molecule has 0 heterocycles. The van der Waals surface area contributed by atoms with Crippen molar-refractivity contribution in [3.05, 3.63) is 0 Å². The molecule has 17 nitrogen and oxygen atoms in total. The van der Waals surface area contributed by atoms with E-state index in [1.54, 1.807) is 13.8 Å². The Morgan fingerprint density at radius 2 is 1.19 bits per heavy atom. The molecule has 0 aliphatic carbocycles. The van der Waals surface area contributed by atoms with E-state index in [-0.39, 0.29) is 12.3 Å². The van der Waals surface area contributed by atoms with Gasteiger partial charge in [-0.05, 0) is 37.7 Å². The second-order valence-corrected chi connectivity index (χ2v) is 10.9. The fourth-order valence-electron chi connectivity index (χ4n) is 3.37. The lowest BCUT2D eigenvalue weighted by Crippen LogP contribution is -2.60. The molecule has 0 bridgehead atoms. The number of carbonyl (C=O) groups is 7. The molecular formula is C24H43N7O10S. The molecule has 0 spiro atoms. The maximum atomic E-state index is 13.1. The standard InChI is InChI=1S/C24H43N7O10S/c1-11(2)7-14(21(37)27-12(3)19(35)31-17(10-33)24(40)41)28-22(38)15(8-18(26)34)29-23(39)16(9-32)30-20(36)13(25)5-6-42-4/h11-17,32-33H,5-10,25H2,1-4H3,(H2,26,34)(H,27,37)(H,28,38)(H,29,39)(H,30,36)(H,31,35)(H,40,41)/t12-,13-,14-,15-,16-,17-/m0/s1. The van der Waals surface area contributed by atoms with Gasteiger partial charge in [-0.1, -0.05) is 13.8 Å². The van der Waals surface area contributed by atoms with Gasteiger partial charge in [0.2, 0.25) is 35.4 Å². The maximum absolute atomic E-state index is 13.1. The third-order valence-electron chi connectivity index (χ3n) is 5.71. The highest BCUT2D eigenvalue weighted by atomic mass is 32.2. The molecule has 42 heavy (non-hydrogen) atoms. The Hall–Kier alpha value is -3.48. The fraction of sp³-hybridized carbons (Fsp3) is 0.708. The number of hydrogen-bond acceptors (Lipinski definition) is 11. The monoisotopic (exact) mass is 621 g/mol. The Balaban J connectivity index is 5.62. The van der Waals surface area contributed by atoms with Crippen LogP contribution in [0.3, 0.4) is 0 Å². The number of nitrogens with one attached hydrogen (secondary N) is 5. The number of carboxylic acids is 1. The van der Waals surface area contributed by atoms with E-state index in [0.717, 1.165) is 0 Å². The smallest absolute Gasteiger partial charge is 0.328 e. The van der Waals surface area contributed by atoms with E-state index in [0.29, 0.717) is 12.2 Å². The number of aliphatic carboxylic acids is 1. The normalized spacial score (nSPS) is 15.2. The summed E-state index contributed by atoms with van der Waals surface area (Å²) in [4.78, 5) is 86.1. The van der Waals surface area contributed by atoms with Crippen LogP contribution in [-0.2, 0) is 33.6 Å². The zero-order valence-corrected chi connectivity index (χ0v) is 24.9. The van der Waals surface area contributed by atoms with E-state index < -0.39 is 97.3 Å². The lowest BCUT2D eigenvalue weighted by Gasteiger charge is -2.26. The Morgan fingerprint density at radius 1 is 0.714 bits per heavy atom. The first-order valence-corrected chi connectivity index (χ1v) is 14.5. The van der Waals surface area contributed by atoms with Crippen molar-refractivity contribution >= 4 is 53.2 Å². The predicted molar refractivity (Wildman–Crippen MR) is 151 cm³/mol. The molecule has 0 saturated heterocycles. The number of amides is 6. The van der Waals surface area contributed by atoms with Gasteiger partial charge in [0.05, 0.1) is 25.7 Å². The minimum Gasteiger partial charge on any atom is -0.480 e. The molecule has 240 valence electrons.